The number of carbonyl (C=O) groups excluding carboxylic acids is 1. The fraction of sp³-hybridized carbons (Fsp3) is 0.312. The molecule has 1 heterocycles. The van der Waals surface area contributed by atoms with Crippen molar-refractivity contribution in [3.05, 3.63) is 44.6 Å². The summed E-state index contributed by atoms with van der Waals surface area (Å²) in [5.41, 5.74) is 2.02. The van der Waals surface area contributed by atoms with Crippen LogP contribution in [0.4, 0.5) is 0 Å². The first-order chi connectivity index (χ1) is 10.9. The van der Waals surface area contributed by atoms with Crippen LogP contribution in [0.5, 0.6) is 5.88 Å². The van der Waals surface area contributed by atoms with Crippen molar-refractivity contribution in [1.82, 2.24) is 9.78 Å². The van der Waals surface area contributed by atoms with Crippen molar-refractivity contribution >= 4 is 29.0 Å². The standard InChI is InChI=1S/C16H15Cl2N3O2/c1-4-21-16(23-6-5-19)12(8-20-21)15(22)11-7-9(2)13(17)10(3)14(11)18/h7-8H,4,6H2,1-3H3. The van der Waals surface area contributed by atoms with E-state index in [9.17, 15) is 4.79 Å². The van der Waals surface area contributed by atoms with Crippen LogP contribution in [-0.2, 0) is 6.54 Å². The first-order valence-corrected chi connectivity index (χ1v) is 7.73. The molecule has 1 aromatic carbocycles. The van der Waals surface area contributed by atoms with Gasteiger partial charge in [-0.15, -0.1) is 0 Å². The van der Waals surface area contributed by atoms with E-state index in [-0.39, 0.29) is 23.8 Å². The second kappa shape index (κ2) is 7.03. The number of hydrogen-bond donors (Lipinski definition) is 0. The Labute approximate surface area is 144 Å². The number of carbonyl (C=O) groups is 1. The van der Waals surface area contributed by atoms with Gasteiger partial charge in [0.25, 0.3) is 0 Å². The fourth-order valence-corrected chi connectivity index (χ4v) is 2.69. The second-order valence-electron chi connectivity index (χ2n) is 4.95. The maximum atomic E-state index is 12.9. The van der Waals surface area contributed by atoms with Crippen LogP contribution in [0.2, 0.25) is 10.0 Å². The number of rotatable bonds is 5. The SMILES string of the molecule is CCn1ncc(C(=O)c2cc(C)c(Cl)c(C)c2Cl)c1OCC#N. The van der Waals surface area contributed by atoms with Gasteiger partial charge in [0, 0.05) is 17.1 Å². The van der Waals surface area contributed by atoms with Crippen LogP contribution >= 0.6 is 23.2 Å². The molecule has 1 aromatic heterocycles. The van der Waals surface area contributed by atoms with Gasteiger partial charge in [-0.3, -0.25) is 4.79 Å². The van der Waals surface area contributed by atoms with E-state index in [1.807, 2.05) is 19.9 Å². The van der Waals surface area contributed by atoms with Gasteiger partial charge in [0.05, 0.1) is 11.2 Å². The maximum Gasteiger partial charge on any atom is 0.224 e. The predicted octanol–water partition coefficient (Wildman–Crippen LogP) is 3.96. The Morgan fingerprint density at radius 2 is 2.04 bits per heavy atom. The van der Waals surface area contributed by atoms with E-state index in [2.05, 4.69) is 5.10 Å². The van der Waals surface area contributed by atoms with Gasteiger partial charge >= 0.3 is 0 Å². The lowest BCUT2D eigenvalue weighted by molar-refractivity contribution is 0.103. The Morgan fingerprint density at radius 1 is 1.35 bits per heavy atom. The first kappa shape index (κ1) is 17.3. The van der Waals surface area contributed by atoms with E-state index in [1.54, 1.807) is 13.0 Å². The Bertz CT molecular complexity index is 807. The maximum absolute atomic E-state index is 12.9. The van der Waals surface area contributed by atoms with E-state index in [4.69, 9.17) is 33.2 Å². The van der Waals surface area contributed by atoms with Crippen LogP contribution in [0.3, 0.4) is 0 Å². The zero-order chi connectivity index (χ0) is 17.1. The Hall–Kier alpha value is -2.03. The molecule has 0 N–H and O–H groups in total. The van der Waals surface area contributed by atoms with Gasteiger partial charge in [0.15, 0.2) is 6.61 Å². The molecule has 0 atom stereocenters. The van der Waals surface area contributed by atoms with Crippen LogP contribution in [0.15, 0.2) is 12.3 Å². The van der Waals surface area contributed by atoms with Gasteiger partial charge < -0.3 is 4.74 Å². The van der Waals surface area contributed by atoms with E-state index in [1.165, 1.54) is 10.9 Å². The van der Waals surface area contributed by atoms with Gasteiger partial charge in [-0.05, 0) is 38.0 Å². The molecular weight excluding hydrogens is 337 g/mol. The minimum Gasteiger partial charge on any atom is -0.462 e. The molecule has 0 amide bonds. The minimum absolute atomic E-state index is 0.168. The van der Waals surface area contributed by atoms with Crippen molar-refractivity contribution in [3.63, 3.8) is 0 Å². The third kappa shape index (κ3) is 3.19. The highest BCUT2D eigenvalue weighted by atomic mass is 35.5. The highest BCUT2D eigenvalue weighted by Crippen LogP contribution is 2.33. The number of nitriles is 1. The second-order valence-corrected chi connectivity index (χ2v) is 5.70. The number of halogens is 2. The van der Waals surface area contributed by atoms with Crippen molar-refractivity contribution in [2.45, 2.75) is 27.3 Å². The van der Waals surface area contributed by atoms with E-state index >= 15 is 0 Å². The molecule has 0 saturated carbocycles. The lowest BCUT2D eigenvalue weighted by Gasteiger charge is -2.11. The number of aryl methyl sites for hydroxylation is 2. The summed E-state index contributed by atoms with van der Waals surface area (Å²) in [7, 11) is 0. The summed E-state index contributed by atoms with van der Waals surface area (Å²) in [4.78, 5) is 12.9. The molecular formula is C16H15Cl2N3O2. The summed E-state index contributed by atoms with van der Waals surface area (Å²) in [5.74, 6) is -0.0501. The molecule has 0 saturated heterocycles. The van der Waals surface area contributed by atoms with Crippen LogP contribution in [-0.4, -0.2) is 22.2 Å². The third-order valence-corrected chi connectivity index (χ3v) is 4.52. The number of nitrogens with zero attached hydrogens (tertiary/aromatic N) is 3. The number of hydrogen-bond acceptors (Lipinski definition) is 4. The summed E-state index contributed by atoms with van der Waals surface area (Å²) in [6.07, 6.45) is 1.42. The molecule has 0 bridgehead atoms. The Morgan fingerprint density at radius 3 is 2.65 bits per heavy atom. The molecule has 2 aromatic rings. The molecule has 0 aliphatic rings. The molecule has 0 spiro atoms. The highest BCUT2D eigenvalue weighted by Gasteiger charge is 2.24. The summed E-state index contributed by atoms with van der Waals surface area (Å²) >= 11 is 12.4. The van der Waals surface area contributed by atoms with Crippen molar-refractivity contribution in [3.8, 4) is 11.9 Å². The number of aromatic nitrogens is 2. The average molecular weight is 352 g/mol. The van der Waals surface area contributed by atoms with Gasteiger partial charge in [-0.2, -0.15) is 10.4 Å². The molecule has 120 valence electrons. The van der Waals surface area contributed by atoms with Crippen LogP contribution in [0, 0.1) is 25.2 Å². The zero-order valence-corrected chi connectivity index (χ0v) is 14.5. The lowest BCUT2D eigenvalue weighted by atomic mass is 10.0. The van der Waals surface area contributed by atoms with Crippen molar-refractivity contribution in [2.24, 2.45) is 0 Å². The Kier molecular flexibility index (Phi) is 5.30. The van der Waals surface area contributed by atoms with E-state index in [0.29, 0.717) is 27.7 Å². The van der Waals surface area contributed by atoms with Crippen molar-refractivity contribution in [2.75, 3.05) is 6.61 Å². The number of benzene rings is 1. The number of ketones is 1. The summed E-state index contributed by atoms with van der Waals surface area (Å²) in [5, 5.41) is 13.7. The number of ether oxygens (including phenoxy) is 1. The molecule has 0 fully saturated rings. The van der Waals surface area contributed by atoms with Gasteiger partial charge in [0.1, 0.15) is 11.6 Å². The van der Waals surface area contributed by atoms with Gasteiger partial charge in [-0.25, -0.2) is 4.68 Å². The summed E-state index contributed by atoms with van der Waals surface area (Å²) in [6, 6.07) is 3.53. The average Bonchev–Trinajstić information content (AvgIpc) is 2.96. The monoisotopic (exact) mass is 351 g/mol. The molecule has 0 radical (unpaired) electrons. The predicted molar refractivity (Wildman–Crippen MR) is 88.4 cm³/mol. The zero-order valence-electron chi connectivity index (χ0n) is 13.0. The molecule has 23 heavy (non-hydrogen) atoms. The van der Waals surface area contributed by atoms with E-state index < -0.39 is 0 Å². The molecule has 0 unspecified atom stereocenters. The largest absolute Gasteiger partial charge is 0.462 e. The quantitative estimate of drug-likeness (QED) is 0.764. The summed E-state index contributed by atoms with van der Waals surface area (Å²) < 4.78 is 6.89. The molecule has 5 nitrogen and oxygen atoms in total. The normalized spacial score (nSPS) is 10.4. The van der Waals surface area contributed by atoms with Gasteiger partial charge in [-0.1, -0.05) is 23.2 Å². The van der Waals surface area contributed by atoms with Crippen LogP contribution < -0.4 is 4.74 Å². The van der Waals surface area contributed by atoms with Gasteiger partial charge in [0.2, 0.25) is 11.7 Å². The fourth-order valence-electron chi connectivity index (χ4n) is 2.26. The smallest absolute Gasteiger partial charge is 0.224 e. The molecule has 2 rings (SSSR count). The molecule has 0 aliphatic carbocycles. The minimum atomic E-state index is -0.314. The summed E-state index contributed by atoms with van der Waals surface area (Å²) in [6.45, 7) is 5.78. The molecule has 7 heteroatoms. The van der Waals surface area contributed by atoms with Crippen LogP contribution in [0.25, 0.3) is 0 Å². The van der Waals surface area contributed by atoms with E-state index in [0.717, 1.165) is 5.56 Å². The lowest BCUT2D eigenvalue weighted by Crippen LogP contribution is -2.09. The first-order valence-electron chi connectivity index (χ1n) is 6.97. The third-order valence-electron chi connectivity index (χ3n) is 3.46. The van der Waals surface area contributed by atoms with Crippen LogP contribution in [0.1, 0.15) is 34.0 Å². The van der Waals surface area contributed by atoms with Crippen molar-refractivity contribution < 1.29 is 9.53 Å². The van der Waals surface area contributed by atoms with Crippen molar-refractivity contribution in [1.29, 1.82) is 5.26 Å². The molecule has 0 aliphatic heterocycles. The highest BCUT2D eigenvalue weighted by molar-refractivity contribution is 6.39. The Balaban J connectivity index is 2.54. The topological polar surface area (TPSA) is 67.9 Å².